The summed E-state index contributed by atoms with van der Waals surface area (Å²) in [5.41, 5.74) is 4.14. The van der Waals surface area contributed by atoms with Crippen LogP contribution in [-0.2, 0) is 30.9 Å². The first kappa shape index (κ1) is 17.1. The molecule has 4 rings (SSSR count). The number of aliphatic hydroxyl groups is 1. The number of benzene rings is 1. The number of nitrogens with zero attached hydrogens (tertiary/aromatic N) is 3. The molecule has 1 aliphatic rings. The molecule has 0 atom stereocenters. The number of carbonyl (C=O) groups is 1. The van der Waals surface area contributed by atoms with Crippen LogP contribution in [0, 0.1) is 6.92 Å². The molecule has 0 bridgehead atoms. The first-order valence-corrected chi connectivity index (χ1v) is 9.03. The Labute approximate surface area is 156 Å². The smallest absolute Gasteiger partial charge is 0.227 e. The molecule has 0 saturated carbocycles. The highest BCUT2D eigenvalue weighted by Crippen LogP contribution is 2.28. The number of aryl methyl sites for hydroxylation is 2. The quantitative estimate of drug-likeness (QED) is 0.766. The molecule has 1 amide bonds. The molecule has 2 aromatic heterocycles. The third-order valence-corrected chi connectivity index (χ3v) is 5.26. The zero-order chi connectivity index (χ0) is 18.3. The number of furan rings is 1. The Bertz CT molecular complexity index is 976. The van der Waals surface area contributed by atoms with Crippen molar-refractivity contribution in [3.63, 3.8) is 0 Å². The number of rotatable bonds is 3. The minimum absolute atomic E-state index is 0.0459. The van der Waals surface area contributed by atoms with Crippen LogP contribution in [0.5, 0.6) is 0 Å². The highest BCUT2D eigenvalue weighted by Gasteiger charge is 2.22. The zero-order valence-electron chi connectivity index (χ0n) is 14.5. The van der Waals surface area contributed by atoms with Gasteiger partial charge in [-0.05, 0) is 37.1 Å². The SMILES string of the molecule is Cc1cc2occ(CC(=O)N3CCCn4nc(CO)cc4C3)c2cc1Cl. The van der Waals surface area contributed by atoms with Crippen molar-refractivity contribution in [3.05, 3.63) is 52.0 Å². The molecule has 6 nitrogen and oxygen atoms in total. The van der Waals surface area contributed by atoms with E-state index in [1.807, 2.05) is 34.7 Å². The lowest BCUT2D eigenvalue weighted by molar-refractivity contribution is -0.131. The molecule has 0 aliphatic carbocycles. The number of carbonyl (C=O) groups excluding carboxylic acids is 1. The Morgan fingerprint density at radius 1 is 1.35 bits per heavy atom. The lowest BCUT2D eigenvalue weighted by atomic mass is 10.1. The molecule has 136 valence electrons. The normalized spacial score (nSPS) is 14.5. The van der Waals surface area contributed by atoms with Crippen LogP contribution in [0.1, 0.15) is 28.9 Å². The highest BCUT2D eigenvalue weighted by molar-refractivity contribution is 6.32. The van der Waals surface area contributed by atoms with E-state index < -0.39 is 0 Å². The summed E-state index contributed by atoms with van der Waals surface area (Å²) in [5.74, 6) is 0.0459. The van der Waals surface area contributed by atoms with E-state index in [-0.39, 0.29) is 18.9 Å². The second-order valence-electron chi connectivity index (χ2n) is 6.71. The number of amides is 1. The number of hydrogen-bond donors (Lipinski definition) is 1. The predicted octanol–water partition coefficient (Wildman–Crippen LogP) is 3.06. The maximum atomic E-state index is 12.9. The fourth-order valence-corrected chi connectivity index (χ4v) is 3.59. The first-order chi connectivity index (χ1) is 12.5. The van der Waals surface area contributed by atoms with Gasteiger partial charge in [-0.1, -0.05) is 11.6 Å². The van der Waals surface area contributed by atoms with Crippen molar-refractivity contribution in [1.82, 2.24) is 14.7 Å². The molecule has 3 aromatic rings. The van der Waals surface area contributed by atoms with Gasteiger partial charge in [0.05, 0.1) is 37.2 Å². The van der Waals surface area contributed by atoms with E-state index in [9.17, 15) is 9.90 Å². The van der Waals surface area contributed by atoms with Crippen LogP contribution < -0.4 is 0 Å². The zero-order valence-corrected chi connectivity index (χ0v) is 15.3. The summed E-state index contributed by atoms with van der Waals surface area (Å²) in [5, 5.41) is 15.2. The second-order valence-corrected chi connectivity index (χ2v) is 7.12. The summed E-state index contributed by atoms with van der Waals surface area (Å²) in [6.45, 7) is 3.78. The summed E-state index contributed by atoms with van der Waals surface area (Å²) in [4.78, 5) is 14.7. The Morgan fingerprint density at radius 2 is 2.19 bits per heavy atom. The van der Waals surface area contributed by atoms with Crippen molar-refractivity contribution in [2.24, 2.45) is 0 Å². The van der Waals surface area contributed by atoms with Gasteiger partial charge in [-0.3, -0.25) is 9.48 Å². The van der Waals surface area contributed by atoms with E-state index in [1.165, 1.54) is 0 Å². The third-order valence-electron chi connectivity index (χ3n) is 4.86. The fourth-order valence-electron chi connectivity index (χ4n) is 3.43. The second kappa shape index (κ2) is 6.78. The Kier molecular flexibility index (Phi) is 4.46. The van der Waals surface area contributed by atoms with Gasteiger partial charge in [0.2, 0.25) is 5.91 Å². The topological polar surface area (TPSA) is 71.5 Å². The standard InChI is InChI=1S/C19H20ClN3O3/c1-12-5-18-16(8-17(12)20)13(11-26-18)6-19(25)22-3-2-4-23-15(9-22)7-14(10-24)21-23/h5,7-8,11,24H,2-4,6,9-10H2,1H3. The summed E-state index contributed by atoms with van der Waals surface area (Å²) in [6, 6.07) is 5.62. The van der Waals surface area contributed by atoms with Crippen molar-refractivity contribution in [3.8, 4) is 0 Å². The molecule has 1 aliphatic heterocycles. The monoisotopic (exact) mass is 373 g/mol. The van der Waals surface area contributed by atoms with Crippen LogP contribution >= 0.6 is 11.6 Å². The van der Waals surface area contributed by atoms with Crippen molar-refractivity contribution in [1.29, 1.82) is 0 Å². The number of fused-ring (bicyclic) bond motifs is 2. The fraction of sp³-hybridized carbons (Fsp3) is 0.368. The van der Waals surface area contributed by atoms with E-state index in [0.29, 0.717) is 23.8 Å². The lowest BCUT2D eigenvalue weighted by Crippen LogP contribution is -2.31. The van der Waals surface area contributed by atoms with Crippen LogP contribution in [-0.4, -0.2) is 32.2 Å². The molecule has 1 aromatic carbocycles. The Hall–Kier alpha value is -2.31. The van der Waals surface area contributed by atoms with Gasteiger partial charge in [0.25, 0.3) is 0 Å². The van der Waals surface area contributed by atoms with E-state index in [4.69, 9.17) is 16.0 Å². The number of aromatic nitrogens is 2. The maximum absolute atomic E-state index is 12.9. The molecule has 0 spiro atoms. The predicted molar refractivity (Wildman–Crippen MR) is 97.8 cm³/mol. The number of hydrogen-bond acceptors (Lipinski definition) is 4. The van der Waals surface area contributed by atoms with Gasteiger partial charge in [-0.2, -0.15) is 5.10 Å². The lowest BCUT2D eigenvalue weighted by Gasteiger charge is -2.19. The van der Waals surface area contributed by atoms with E-state index >= 15 is 0 Å². The first-order valence-electron chi connectivity index (χ1n) is 8.65. The summed E-state index contributed by atoms with van der Waals surface area (Å²) in [6.07, 6.45) is 2.75. The number of halogens is 1. The van der Waals surface area contributed by atoms with Gasteiger partial charge in [0.1, 0.15) is 5.58 Å². The van der Waals surface area contributed by atoms with Gasteiger partial charge in [-0.15, -0.1) is 0 Å². The molecule has 0 fully saturated rings. The molecule has 0 unspecified atom stereocenters. The molecule has 0 radical (unpaired) electrons. The van der Waals surface area contributed by atoms with E-state index in [1.54, 1.807) is 6.26 Å². The molecule has 0 saturated heterocycles. The van der Waals surface area contributed by atoms with Gasteiger partial charge in [0.15, 0.2) is 0 Å². The van der Waals surface area contributed by atoms with Crippen molar-refractivity contribution >= 4 is 28.5 Å². The number of aliphatic hydroxyl groups excluding tert-OH is 1. The molecular formula is C19H20ClN3O3. The van der Waals surface area contributed by atoms with Crippen LogP contribution in [0.2, 0.25) is 5.02 Å². The van der Waals surface area contributed by atoms with Gasteiger partial charge in [-0.25, -0.2) is 0 Å². The molecule has 1 N–H and O–H groups in total. The Balaban J connectivity index is 1.55. The van der Waals surface area contributed by atoms with Crippen LogP contribution in [0.3, 0.4) is 0 Å². The summed E-state index contributed by atoms with van der Waals surface area (Å²) < 4.78 is 7.48. The minimum Gasteiger partial charge on any atom is -0.464 e. The third kappa shape index (κ3) is 3.10. The minimum atomic E-state index is -0.0882. The van der Waals surface area contributed by atoms with Crippen molar-refractivity contribution < 1.29 is 14.3 Å². The maximum Gasteiger partial charge on any atom is 0.227 e. The van der Waals surface area contributed by atoms with Crippen LogP contribution in [0.4, 0.5) is 0 Å². The van der Waals surface area contributed by atoms with Gasteiger partial charge < -0.3 is 14.4 Å². The Morgan fingerprint density at radius 3 is 3.00 bits per heavy atom. The van der Waals surface area contributed by atoms with Gasteiger partial charge in [0, 0.05) is 29.1 Å². The molecule has 3 heterocycles. The van der Waals surface area contributed by atoms with E-state index in [2.05, 4.69) is 5.10 Å². The average Bonchev–Trinajstić information content (AvgIpc) is 3.13. The van der Waals surface area contributed by atoms with Crippen LogP contribution in [0.25, 0.3) is 11.0 Å². The van der Waals surface area contributed by atoms with Crippen molar-refractivity contribution in [2.45, 2.75) is 39.5 Å². The average molecular weight is 374 g/mol. The van der Waals surface area contributed by atoms with Crippen molar-refractivity contribution in [2.75, 3.05) is 6.54 Å². The summed E-state index contributed by atoms with van der Waals surface area (Å²) in [7, 11) is 0. The van der Waals surface area contributed by atoms with E-state index in [0.717, 1.165) is 40.8 Å². The van der Waals surface area contributed by atoms with Gasteiger partial charge >= 0.3 is 0 Å². The van der Waals surface area contributed by atoms with Crippen LogP contribution in [0.15, 0.2) is 28.9 Å². The summed E-state index contributed by atoms with van der Waals surface area (Å²) >= 11 is 6.23. The largest absolute Gasteiger partial charge is 0.464 e. The molecular weight excluding hydrogens is 354 g/mol. The molecule has 7 heteroatoms. The molecule has 26 heavy (non-hydrogen) atoms. The highest BCUT2D eigenvalue weighted by atomic mass is 35.5.